The number of allylic oxidation sites excluding steroid dienone is 2. The van der Waals surface area contributed by atoms with Gasteiger partial charge in [-0.15, -0.1) is 0 Å². The van der Waals surface area contributed by atoms with E-state index in [1.807, 2.05) is 0 Å². The molecule has 2 amide bonds. The molecule has 0 radical (unpaired) electrons. The van der Waals surface area contributed by atoms with Crippen LogP contribution in [0.1, 0.15) is 52.7 Å². The number of alkyl halides is 17. The summed E-state index contributed by atoms with van der Waals surface area (Å²) in [6.07, 6.45) is -7.93. The van der Waals surface area contributed by atoms with Gasteiger partial charge in [-0.25, -0.2) is 19.1 Å². The first-order valence-corrected chi connectivity index (χ1v) is 21.4. The van der Waals surface area contributed by atoms with Crippen molar-refractivity contribution in [3.05, 3.63) is 84.0 Å². The summed E-state index contributed by atoms with van der Waals surface area (Å²) in [6.45, 7) is 5.57. The van der Waals surface area contributed by atoms with E-state index in [-0.39, 0.29) is 11.3 Å². The number of anilines is 1. The largest absolute Gasteiger partial charge is 0.491 e. The number of amides is 2. The maximum atomic E-state index is 15.0. The van der Waals surface area contributed by atoms with Crippen molar-refractivity contribution in [1.82, 2.24) is 5.48 Å². The first kappa shape index (κ1) is 58.4. The Kier molecular flexibility index (Phi) is 18.5. The molecule has 2 atom stereocenters. The molecule has 0 aliphatic carbocycles. The Bertz CT molecular complexity index is 2040. The van der Waals surface area contributed by atoms with Gasteiger partial charge in [-0.05, 0) is 47.0 Å². The average molecular weight is 1020 g/mol. The smallest absolute Gasteiger partial charge is 0.460 e. The molecule has 380 valence electrons. The van der Waals surface area contributed by atoms with E-state index in [4.69, 9.17) is 19.1 Å². The van der Waals surface area contributed by atoms with Gasteiger partial charge in [0.25, 0.3) is 5.91 Å². The van der Waals surface area contributed by atoms with E-state index >= 15 is 0 Å². The highest BCUT2D eigenvalue weighted by Crippen LogP contribution is 2.64. The second kappa shape index (κ2) is 21.3. The fraction of sp³-hybridized carbons (Fsp3) is 0.538. The second-order valence-electron chi connectivity index (χ2n) is 15.3. The van der Waals surface area contributed by atoms with Crippen LogP contribution in [0.5, 0.6) is 5.75 Å². The van der Waals surface area contributed by atoms with Gasteiger partial charge in [0.05, 0.1) is 12.3 Å². The van der Waals surface area contributed by atoms with Crippen LogP contribution in [-0.4, -0.2) is 86.4 Å². The maximum Gasteiger partial charge on any atom is 0.460 e. The highest BCUT2D eigenvalue weighted by Gasteiger charge is 2.95. The van der Waals surface area contributed by atoms with Gasteiger partial charge in [0.15, 0.2) is 8.32 Å². The molecule has 8 nitrogen and oxygen atoms in total. The van der Waals surface area contributed by atoms with E-state index in [0.717, 1.165) is 18.2 Å². The molecular formula is C39H41F19N2O6Si. The number of hydroxylamine groups is 1. The molecule has 0 bridgehead atoms. The lowest BCUT2D eigenvalue weighted by Gasteiger charge is -2.44. The van der Waals surface area contributed by atoms with Crippen LogP contribution in [0.3, 0.4) is 0 Å². The minimum Gasteiger partial charge on any atom is -0.491 e. The highest BCUT2D eigenvalue weighted by atomic mass is 28.4. The molecule has 0 unspecified atom stereocenters. The van der Waals surface area contributed by atoms with Gasteiger partial charge in [-0.3, -0.25) is 15.3 Å². The molecule has 28 heteroatoms. The number of rotatable bonds is 23. The number of hydrogen-bond donors (Lipinski definition) is 3. The van der Waals surface area contributed by atoms with Gasteiger partial charge >= 0.3 is 53.7 Å². The first-order chi connectivity index (χ1) is 30.3. The van der Waals surface area contributed by atoms with Crippen molar-refractivity contribution < 1.29 is 112 Å². The van der Waals surface area contributed by atoms with Crippen LogP contribution in [-0.2, 0) is 14.0 Å². The van der Waals surface area contributed by atoms with Gasteiger partial charge in [-0.2, -0.15) is 74.6 Å². The first-order valence-electron chi connectivity index (χ1n) is 19.1. The zero-order valence-corrected chi connectivity index (χ0v) is 36.2. The monoisotopic (exact) mass is 1020 g/mol. The van der Waals surface area contributed by atoms with Crippen molar-refractivity contribution >= 4 is 26.0 Å². The fourth-order valence-electron chi connectivity index (χ4n) is 6.35. The zero-order valence-electron chi connectivity index (χ0n) is 35.2. The Hall–Kier alpha value is -4.73. The molecule has 3 N–H and O–H groups in total. The molecule has 0 aromatic heterocycles. The minimum absolute atomic E-state index is 0.0242. The maximum absolute atomic E-state index is 15.0. The van der Waals surface area contributed by atoms with Crippen LogP contribution in [0.25, 0.3) is 0 Å². The summed E-state index contributed by atoms with van der Waals surface area (Å²) in [5, 5.41) is 10.7. The summed E-state index contributed by atoms with van der Waals surface area (Å²) >= 11 is 0. The van der Waals surface area contributed by atoms with Crippen molar-refractivity contribution in [2.75, 3.05) is 18.5 Å². The van der Waals surface area contributed by atoms with E-state index in [9.17, 15) is 93.0 Å². The van der Waals surface area contributed by atoms with Gasteiger partial charge < -0.3 is 13.9 Å². The third-order valence-corrected chi connectivity index (χ3v) is 15.9. The van der Waals surface area contributed by atoms with Gasteiger partial charge in [0, 0.05) is 24.5 Å². The number of hydrogen-bond acceptors (Lipinski definition) is 6. The van der Waals surface area contributed by atoms with E-state index in [0.29, 0.717) is 6.07 Å². The summed E-state index contributed by atoms with van der Waals surface area (Å²) in [6, 6.07) is 6.18. The number of carbonyl (C=O) groups is 2. The lowest BCUT2D eigenvalue weighted by Crippen LogP contribution is -2.74. The lowest BCUT2D eigenvalue weighted by atomic mass is 9.88. The molecule has 0 saturated carbocycles. The normalized spacial score (nSPS) is 15.1. The molecule has 0 aliphatic rings. The molecule has 2 aromatic carbocycles. The number of benzene rings is 2. The van der Waals surface area contributed by atoms with Crippen molar-refractivity contribution in [3.63, 3.8) is 0 Å². The SMILES string of the molecule is CC(C)[Si](CCC(F)(F)C(F)(F)C(F)(F)C(F)(F)C(F)(F)C(F)(F)C(F)(F)C(F)(F)F)(OCCOc1ccc([C@H](OC(=O)Nc2ccc(F)cc2F)[C@H](C)/C=C/C=C/C(=O)NO)cc1)C(C)C. The zero-order chi connectivity index (χ0) is 52.0. The molecule has 67 heavy (non-hydrogen) atoms. The summed E-state index contributed by atoms with van der Waals surface area (Å²) < 4.78 is 280. The molecule has 0 saturated heterocycles. The summed E-state index contributed by atoms with van der Waals surface area (Å²) in [7, 11) is -4.06. The fourth-order valence-corrected chi connectivity index (χ4v) is 10.8. The van der Waals surface area contributed by atoms with Crippen LogP contribution in [0, 0.1) is 17.6 Å². The Morgan fingerprint density at radius 3 is 1.67 bits per heavy atom. The Labute approximate surface area is 369 Å². The number of halogens is 19. The highest BCUT2D eigenvalue weighted by molar-refractivity contribution is 6.76. The van der Waals surface area contributed by atoms with Gasteiger partial charge in [-0.1, -0.05) is 65.0 Å². The molecule has 0 spiro atoms. The van der Waals surface area contributed by atoms with Gasteiger partial charge in [0.1, 0.15) is 30.1 Å². The van der Waals surface area contributed by atoms with Crippen molar-refractivity contribution in [3.8, 4) is 5.75 Å². The van der Waals surface area contributed by atoms with Crippen LogP contribution >= 0.6 is 0 Å². The third-order valence-electron chi connectivity index (χ3n) is 10.3. The standard InChI is InChI=1S/C39H41F19N2O6Si/c1-21(2)67(22(3)4,19-16-32(42,43)33(44,45)34(46,47)35(48,49)36(50,51)37(52,53)38(54,55)39(56,57)58)65-18-17-64-26-13-10-24(11-14-26)30(23(5)8-6-7-9-29(61)60-63)66-31(62)59-28-15-12-25(40)20-27(28)41/h6-15,20-23,30,63H,16-19H2,1-5H3,(H,59,62)(H,60,61)/b8-6+,9-7+/t23-,30-/m1/s1. The number of nitrogens with one attached hydrogen (secondary N) is 2. The van der Waals surface area contributed by atoms with Crippen LogP contribution in [0.2, 0.25) is 17.1 Å². The van der Waals surface area contributed by atoms with Crippen molar-refractivity contribution in [2.24, 2.45) is 5.92 Å². The molecule has 0 aliphatic heterocycles. The lowest BCUT2D eigenvalue weighted by molar-refractivity contribution is -0.461. The third kappa shape index (κ3) is 12.1. The Morgan fingerprint density at radius 1 is 0.687 bits per heavy atom. The topological polar surface area (TPSA) is 106 Å². The minimum atomic E-state index is -8.73. The van der Waals surface area contributed by atoms with Crippen molar-refractivity contribution in [2.45, 2.75) is 112 Å². The van der Waals surface area contributed by atoms with Crippen LogP contribution < -0.4 is 15.5 Å². The Balaban J connectivity index is 2.32. The summed E-state index contributed by atoms with van der Waals surface area (Å²) in [4.78, 5) is 24.0. The number of carbonyl (C=O) groups excluding carboxylic acids is 2. The van der Waals surface area contributed by atoms with E-state index < -0.39 is 134 Å². The molecule has 2 rings (SSSR count). The molecular weight excluding hydrogens is 981 g/mol. The average Bonchev–Trinajstić information content (AvgIpc) is 3.21. The van der Waals surface area contributed by atoms with E-state index in [1.54, 1.807) is 0 Å². The predicted molar refractivity (Wildman–Crippen MR) is 201 cm³/mol. The van der Waals surface area contributed by atoms with Crippen LogP contribution in [0.4, 0.5) is 93.9 Å². The van der Waals surface area contributed by atoms with Crippen molar-refractivity contribution in [1.29, 1.82) is 0 Å². The van der Waals surface area contributed by atoms with E-state index in [2.05, 4.69) is 5.32 Å². The molecule has 0 fully saturated rings. The number of ether oxygens (including phenoxy) is 2. The predicted octanol–water partition coefficient (Wildman–Crippen LogP) is 13.1. The van der Waals surface area contributed by atoms with Crippen LogP contribution in [0.15, 0.2) is 66.8 Å². The Morgan fingerprint density at radius 2 is 1.19 bits per heavy atom. The van der Waals surface area contributed by atoms with E-state index in [1.165, 1.54) is 82.6 Å². The van der Waals surface area contributed by atoms with Gasteiger partial charge in [0.2, 0.25) is 0 Å². The summed E-state index contributed by atoms with van der Waals surface area (Å²) in [5.41, 5.74) is -0.714. The second-order valence-corrected chi connectivity index (χ2v) is 20.3. The quantitative estimate of drug-likeness (QED) is 0.0195. The molecule has 2 aromatic rings. The molecule has 0 heterocycles. The summed E-state index contributed by atoms with van der Waals surface area (Å²) in [5.74, 6) is -60.7.